The zero-order valence-corrected chi connectivity index (χ0v) is 22.8. The fourth-order valence-corrected chi connectivity index (χ4v) is 8.52. The lowest BCUT2D eigenvalue weighted by Gasteiger charge is -2.50. The molecule has 12 nitrogen and oxygen atoms in total. The Morgan fingerprint density at radius 3 is 2.97 bits per heavy atom. The topological polar surface area (TPSA) is 166 Å². The first-order chi connectivity index (χ1) is 17.8. The van der Waals surface area contributed by atoms with Crippen LogP contribution in [0.4, 0.5) is 10.9 Å². The summed E-state index contributed by atoms with van der Waals surface area (Å²) in [4.78, 5) is 49.1. The van der Waals surface area contributed by atoms with Crippen molar-refractivity contribution in [2.45, 2.75) is 21.0 Å². The Hall–Kier alpha value is -2.95. The number of hydrogen-bond acceptors (Lipinski definition) is 13. The number of nitrogens with one attached hydrogen (secondary N) is 2. The number of oxime groups is 1. The zero-order valence-electron chi connectivity index (χ0n) is 19.5. The molecule has 0 spiro atoms. The number of carboxylic acid groups (broad SMARTS) is 1. The Morgan fingerprint density at radius 2 is 2.30 bits per heavy atom. The summed E-state index contributed by atoms with van der Waals surface area (Å²) in [6.45, 7) is 0. The number of nitrogen functional groups attached to an aromatic ring is 1. The number of aryl methyl sites for hydroxylation is 1. The Kier molecular flexibility index (Phi) is 7.24. The molecule has 2 aromatic rings. The third-order valence-electron chi connectivity index (χ3n) is 5.73. The third kappa shape index (κ3) is 4.85. The minimum Gasteiger partial charge on any atom is -0.543 e. The molecule has 1 fully saturated rings. The monoisotopic (exact) mass is 579 g/mol. The molecular weight excluding hydrogens is 559 g/mol. The normalized spacial score (nSPS) is 22.6. The number of amides is 2. The molecule has 0 aliphatic carbocycles. The summed E-state index contributed by atoms with van der Waals surface area (Å²) in [5.74, 6) is -0.831. The van der Waals surface area contributed by atoms with Crippen LogP contribution in [0, 0.1) is 0 Å². The number of aromatic nitrogens is 2. The van der Waals surface area contributed by atoms with E-state index in [1.807, 2.05) is 29.9 Å². The zero-order chi connectivity index (χ0) is 26.3. The molecule has 0 saturated carbocycles. The number of rotatable bonds is 8. The molecule has 5 rings (SSSR count). The number of β-lactam (4-membered cyclic amide) rings is 1. The maximum absolute atomic E-state index is 13.0. The highest BCUT2D eigenvalue weighted by atomic mass is 32.2. The van der Waals surface area contributed by atoms with E-state index >= 15 is 0 Å². The minimum atomic E-state index is -1.42. The van der Waals surface area contributed by atoms with Crippen molar-refractivity contribution in [1.82, 2.24) is 15.2 Å². The quantitative estimate of drug-likeness (QED) is 0.160. The van der Waals surface area contributed by atoms with Crippen molar-refractivity contribution in [1.29, 1.82) is 0 Å². The molecule has 0 bridgehead atoms. The van der Waals surface area contributed by atoms with E-state index < -0.39 is 29.2 Å². The standard InChI is InChI=1S/C21H21N7O5S4/c1-27-5-3-4-11-15(27)25-21(37-11)36-7-9-6-34-18-13(17(30)28(18)14(9)19(31)32)24-16(29)12(26-33-2)10-8-35-20(22)23-10/h3-5,8,13,18,21H,6-7H2,1-2H3,(H4,22,23,24,29,31,32)/b26-12-/t13?,18-,21?/m1/s1. The number of aliphatic carboxylic acids is 1. The second-order valence-corrected chi connectivity index (χ2v) is 12.6. The number of nitrogens with zero attached hydrogens (tertiary/aromatic N) is 4. The number of anilines is 2. The summed E-state index contributed by atoms with van der Waals surface area (Å²) in [7, 11) is 3.24. The van der Waals surface area contributed by atoms with E-state index in [1.54, 1.807) is 28.9 Å². The Labute approximate surface area is 228 Å². The van der Waals surface area contributed by atoms with E-state index in [4.69, 9.17) is 10.6 Å². The van der Waals surface area contributed by atoms with Gasteiger partial charge in [-0.1, -0.05) is 28.7 Å². The van der Waals surface area contributed by atoms with Crippen molar-refractivity contribution in [3.05, 3.63) is 40.7 Å². The Balaban J connectivity index is 1.27. The average molecular weight is 580 g/mol. The fourth-order valence-electron chi connectivity index (χ4n) is 4.05. The van der Waals surface area contributed by atoms with Crippen LogP contribution in [0.15, 0.2) is 45.0 Å². The van der Waals surface area contributed by atoms with Crippen molar-refractivity contribution >= 4 is 81.1 Å². The van der Waals surface area contributed by atoms with Gasteiger partial charge in [-0.15, -0.1) is 23.1 Å². The lowest BCUT2D eigenvalue weighted by Crippen LogP contribution is -2.71. The molecule has 1 saturated heterocycles. The molecular formula is C21H21N7O5S4. The number of nitrogens with two attached hydrogens (primary N) is 1. The predicted molar refractivity (Wildman–Crippen MR) is 140 cm³/mol. The lowest BCUT2D eigenvalue weighted by molar-refractivity contribution is -0.658. The van der Waals surface area contributed by atoms with Crippen LogP contribution in [0.25, 0.3) is 0 Å². The van der Waals surface area contributed by atoms with Crippen LogP contribution in [0.3, 0.4) is 0 Å². The van der Waals surface area contributed by atoms with Crippen molar-refractivity contribution in [3.63, 3.8) is 0 Å². The van der Waals surface area contributed by atoms with Gasteiger partial charge in [0.15, 0.2) is 15.5 Å². The molecule has 3 aliphatic heterocycles. The number of thiazole rings is 1. The smallest absolute Gasteiger partial charge is 0.289 e. The first-order valence-corrected chi connectivity index (χ1v) is 14.7. The number of pyridine rings is 1. The van der Waals surface area contributed by atoms with Crippen LogP contribution in [0.5, 0.6) is 0 Å². The number of carbonyl (C=O) groups is 3. The van der Waals surface area contributed by atoms with Crippen molar-refractivity contribution in [2.75, 3.05) is 29.7 Å². The van der Waals surface area contributed by atoms with Gasteiger partial charge in [-0.05, 0) is 17.7 Å². The maximum atomic E-state index is 13.0. The molecule has 3 atom stereocenters. The minimum absolute atomic E-state index is 0.000741. The van der Waals surface area contributed by atoms with Gasteiger partial charge in [-0.25, -0.2) is 9.55 Å². The van der Waals surface area contributed by atoms with E-state index in [0.29, 0.717) is 17.1 Å². The highest BCUT2D eigenvalue weighted by molar-refractivity contribution is 8.17. The summed E-state index contributed by atoms with van der Waals surface area (Å²) in [5, 5.41) is 23.1. The Bertz CT molecular complexity index is 1350. The van der Waals surface area contributed by atoms with Crippen LogP contribution < -0.4 is 26.0 Å². The van der Waals surface area contributed by atoms with Crippen molar-refractivity contribution in [2.24, 2.45) is 12.2 Å². The van der Waals surface area contributed by atoms with E-state index in [9.17, 15) is 19.5 Å². The van der Waals surface area contributed by atoms with E-state index in [1.165, 1.54) is 23.8 Å². The van der Waals surface area contributed by atoms with E-state index in [0.717, 1.165) is 22.1 Å². The molecule has 2 amide bonds. The number of thioether (sulfide) groups is 3. The van der Waals surface area contributed by atoms with Crippen LogP contribution in [0.1, 0.15) is 5.69 Å². The van der Waals surface area contributed by atoms with Gasteiger partial charge in [-0.2, -0.15) is 0 Å². The summed E-state index contributed by atoms with van der Waals surface area (Å²) in [6, 6.07) is 3.07. The van der Waals surface area contributed by atoms with Gasteiger partial charge in [0.25, 0.3) is 17.6 Å². The molecule has 3 aliphatic rings. The molecule has 2 unspecified atom stereocenters. The number of hydrogen-bond donors (Lipinski definition) is 3. The van der Waals surface area contributed by atoms with Gasteiger partial charge in [0.05, 0.1) is 24.9 Å². The summed E-state index contributed by atoms with van der Waals surface area (Å²) in [6.07, 6.45) is 1.95. The summed E-state index contributed by atoms with van der Waals surface area (Å²) in [5.41, 5.74) is 6.21. The van der Waals surface area contributed by atoms with Gasteiger partial charge in [-0.3, -0.25) is 19.8 Å². The molecule has 0 radical (unpaired) electrons. The van der Waals surface area contributed by atoms with Gasteiger partial charge < -0.3 is 25.8 Å². The number of fused-ring (bicyclic) bond motifs is 2. The molecule has 0 aromatic carbocycles. The lowest BCUT2D eigenvalue weighted by atomic mass is 10.0. The maximum Gasteiger partial charge on any atom is 0.289 e. The highest BCUT2D eigenvalue weighted by Crippen LogP contribution is 2.44. The first-order valence-electron chi connectivity index (χ1n) is 10.8. The second-order valence-electron chi connectivity index (χ2n) is 8.03. The summed E-state index contributed by atoms with van der Waals surface area (Å²) >= 11 is 5.72. The predicted octanol–water partition coefficient (Wildman–Crippen LogP) is -0.461. The van der Waals surface area contributed by atoms with Crippen molar-refractivity contribution in [3.8, 4) is 0 Å². The van der Waals surface area contributed by atoms with Gasteiger partial charge >= 0.3 is 0 Å². The van der Waals surface area contributed by atoms with Gasteiger partial charge in [0.2, 0.25) is 0 Å². The third-order valence-corrected chi connectivity index (χ3v) is 10.3. The Morgan fingerprint density at radius 1 is 1.49 bits per heavy atom. The first kappa shape index (κ1) is 25.7. The van der Waals surface area contributed by atoms with Gasteiger partial charge in [0, 0.05) is 16.9 Å². The molecule has 194 valence electrons. The SMILES string of the molecule is CO/N=C(\C(=O)NC1C(=O)N2C(C(=O)[O-])=C(CSC3Nc4c(ccc[n+]4C)S3)CS[C@H]12)c1csc(N)n1. The summed E-state index contributed by atoms with van der Waals surface area (Å²) < 4.78 is 1.99. The average Bonchev–Trinajstić information content (AvgIpc) is 3.50. The van der Waals surface area contributed by atoms with Crippen molar-refractivity contribution < 1.29 is 28.9 Å². The molecule has 37 heavy (non-hydrogen) atoms. The highest BCUT2D eigenvalue weighted by Gasteiger charge is 2.53. The second kappa shape index (κ2) is 10.4. The van der Waals surface area contributed by atoms with Gasteiger partial charge in [0.1, 0.15) is 29.1 Å². The van der Waals surface area contributed by atoms with Crippen LogP contribution in [-0.4, -0.2) is 68.1 Å². The van der Waals surface area contributed by atoms with Crippen LogP contribution >= 0.6 is 46.6 Å². The molecule has 5 heterocycles. The van der Waals surface area contributed by atoms with Crippen LogP contribution in [-0.2, 0) is 26.3 Å². The largest absolute Gasteiger partial charge is 0.543 e. The van der Waals surface area contributed by atoms with E-state index in [-0.39, 0.29) is 26.9 Å². The number of carbonyl (C=O) groups excluding carboxylic acids is 3. The van der Waals surface area contributed by atoms with E-state index in [2.05, 4.69) is 20.8 Å². The molecule has 4 N–H and O–H groups in total. The van der Waals surface area contributed by atoms with Crippen LogP contribution in [0.2, 0.25) is 0 Å². The fraction of sp³-hybridized carbons (Fsp3) is 0.333. The molecule has 2 aromatic heterocycles. The number of carboxylic acids is 1. The molecule has 16 heteroatoms.